The largest absolute Gasteiger partial charge is 0.496 e. The van der Waals surface area contributed by atoms with Crippen LogP contribution in [0.15, 0.2) is 12.1 Å². The molecule has 1 aliphatic heterocycles. The minimum absolute atomic E-state index is 0.250. The maximum absolute atomic E-state index is 5.77. The lowest BCUT2D eigenvalue weighted by molar-refractivity contribution is -0.0706. The second-order valence-corrected chi connectivity index (χ2v) is 5.47. The fraction of sp³-hybridized carbons (Fsp3) is 0.625. The third kappa shape index (κ3) is 3.80. The Balaban J connectivity index is 2.22. The Morgan fingerprint density at radius 2 is 1.48 bits per heavy atom. The van der Waals surface area contributed by atoms with Crippen LogP contribution in [-0.4, -0.2) is 51.5 Å². The second-order valence-electron chi connectivity index (χ2n) is 5.47. The molecule has 21 heavy (non-hydrogen) atoms. The predicted octanol–water partition coefficient (Wildman–Crippen LogP) is 2.32. The summed E-state index contributed by atoms with van der Waals surface area (Å²) in [7, 11) is 4.95. The molecule has 1 aromatic rings. The third-order valence-electron chi connectivity index (χ3n) is 3.68. The molecular weight excluding hydrogens is 270 g/mol. The van der Waals surface area contributed by atoms with Crippen LogP contribution in [0.5, 0.6) is 17.2 Å². The number of nitrogens with zero attached hydrogens (tertiary/aromatic N) is 1. The zero-order chi connectivity index (χ0) is 15.4. The topological polar surface area (TPSA) is 40.2 Å². The number of rotatable bonds is 5. The molecule has 0 spiro atoms. The monoisotopic (exact) mass is 295 g/mol. The van der Waals surface area contributed by atoms with E-state index in [0.717, 1.165) is 36.7 Å². The van der Waals surface area contributed by atoms with Crippen molar-refractivity contribution in [2.75, 3.05) is 34.4 Å². The Morgan fingerprint density at radius 1 is 0.952 bits per heavy atom. The van der Waals surface area contributed by atoms with Crippen molar-refractivity contribution in [3.8, 4) is 17.2 Å². The summed E-state index contributed by atoms with van der Waals surface area (Å²) in [5.41, 5.74) is 1.09. The molecule has 0 N–H and O–H groups in total. The zero-order valence-corrected chi connectivity index (χ0v) is 13.5. The summed E-state index contributed by atoms with van der Waals surface area (Å²) in [4.78, 5) is 2.38. The standard InChI is InChI=1S/C16H25NO4/c1-11-8-17(9-12(2)21-11)10-13-6-15(19-4)16(20-5)7-14(13)18-3/h6-7,11-12H,8-10H2,1-5H3. The average molecular weight is 295 g/mol. The third-order valence-corrected chi connectivity index (χ3v) is 3.68. The van der Waals surface area contributed by atoms with Crippen molar-refractivity contribution < 1.29 is 18.9 Å². The molecule has 0 aromatic heterocycles. The van der Waals surface area contributed by atoms with Gasteiger partial charge in [0.05, 0.1) is 33.5 Å². The second kappa shape index (κ2) is 7.00. The maximum Gasteiger partial charge on any atom is 0.164 e. The molecule has 5 nitrogen and oxygen atoms in total. The van der Waals surface area contributed by atoms with E-state index in [4.69, 9.17) is 18.9 Å². The molecule has 1 saturated heterocycles. The Kier molecular flexibility index (Phi) is 5.31. The van der Waals surface area contributed by atoms with E-state index in [1.165, 1.54) is 0 Å². The number of hydrogen-bond acceptors (Lipinski definition) is 5. The Morgan fingerprint density at radius 3 is 2.00 bits per heavy atom. The molecule has 118 valence electrons. The molecule has 1 fully saturated rings. The van der Waals surface area contributed by atoms with Gasteiger partial charge in [0.25, 0.3) is 0 Å². The van der Waals surface area contributed by atoms with E-state index < -0.39 is 0 Å². The van der Waals surface area contributed by atoms with Crippen molar-refractivity contribution in [1.82, 2.24) is 4.90 Å². The highest BCUT2D eigenvalue weighted by Crippen LogP contribution is 2.35. The van der Waals surface area contributed by atoms with Gasteiger partial charge >= 0.3 is 0 Å². The molecule has 1 aromatic carbocycles. The molecule has 0 aliphatic carbocycles. The van der Waals surface area contributed by atoms with Crippen LogP contribution < -0.4 is 14.2 Å². The average Bonchev–Trinajstić information content (AvgIpc) is 2.45. The van der Waals surface area contributed by atoms with E-state index in [0.29, 0.717) is 5.75 Å². The first-order valence-electron chi connectivity index (χ1n) is 7.24. The van der Waals surface area contributed by atoms with Gasteiger partial charge in [-0.1, -0.05) is 0 Å². The van der Waals surface area contributed by atoms with Crippen LogP contribution in [0, 0.1) is 0 Å². The van der Waals surface area contributed by atoms with Crippen LogP contribution in [-0.2, 0) is 11.3 Å². The van der Waals surface area contributed by atoms with Crippen LogP contribution in [0.3, 0.4) is 0 Å². The summed E-state index contributed by atoms with van der Waals surface area (Å²) in [6.45, 7) is 6.86. The van der Waals surface area contributed by atoms with Crippen LogP contribution in [0.1, 0.15) is 19.4 Å². The smallest absolute Gasteiger partial charge is 0.164 e. The summed E-state index contributed by atoms with van der Waals surface area (Å²) in [5, 5.41) is 0. The molecule has 0 amide bonds. The highest BCUT2D eigenvalue weighted by atomic mass is 16.5. The van der Waals surface area contributed by atoms with Gasteiger partial charge in [-0.3, -0.25) is 4.90 Å². The number of ether oxygens (including phenoxy) is 4. The summed E-state index contributed by atoms with van der Waals surface area (Å²) in [6.07, 6.45) is 0.500. The van der Waals surface area contributed by atoms with Gasteiger partial charge in [-0.05, 0) is 19.9 Å². The lowest BCUT2D eigenvalue weighted by atomic mass is 10.1. The van der Waals surface area contributed by atoms with Crippen molar-refractivity contribution >= 4 is 0 Å². The van der Waals surface area contributed by atoms with E-state index >= 15 is 0 Å². The van der Waals surface area contributed by atoms with Crippen LogP contribution in [0.25, 0.3) is 0 Å². The predicted molar refractivity (Wildman–Crippen MR) is 81.4 cm³/mol. The van der Waals surface area contributed by atoms with Crippen LogP contribution >= 0.6 is 0 Å². The SMILES string of the molecule is COc1cc(OC)c(OC)cc1CN1CC(C)OC(C)C1. The zero-order valence-electron chi connectivity index (χ0n) is 13.5. The highest BCUT2D eigenvalue weighted by Gasteiger charge is 2.23. The lowest BCUT2D eigenvalue weighted by Crippen LogP contribution is -2.44. The van der Waals surface area contributed by atoms with E-state index in [1.54, 1.807) is 21.3 Å². The first-order chi connectivity index (χ1) is 10.1. The quantitative estimate of drug-likeness (QED) is 0.834. The highest BCUT2D eigenvalue weighted by molar-refractivity contribution is 5.50. The minimum atomic E-state index is 0.250. The molecule has 1 heterocycles. The summed E-state index contributed by atoms with van der Waals surface area (Å²) >= 11 is 0. The Labute approximate surface area is 126 Å². The van der Waals surface area contributed by atoms with E-state index in [1.807, 2.05) is 12.1 Å². The normalized spacial score (nSPS) is 22.9. The molecule has 5 heteroatoms. The summed E-state index contributed by atoms with van der Waals surface area (Å²) in [6, 6.07) is 3.87. The summed E-state index contributed by atoms with van der Waals surface area (Å²) in [5.74, 6) is 2.23. The van der Waals surface area contributed by atoms with Gasteiger partial charge < -0.3 is 18.9 Å². The van der Waals surface area contributed by atoms with Crippen molar-refractivity contribution in [3.05, 3.63) is 17.7 Å². The van der Waals surface area contributed by atoms with Gasteiger partial charge in [0.2, 0.25) is 0 Å². The number of benzene rings is 1. The number of morpholine rings is 1. The van der Waals surface area contributed by atoms with Gasteiger partial charge in [0.1, 0.15) is 5.75 Å². The van der Waals surface area contributed by atoms with Gasteiger partial charge in [-0.25, -0.2) is 0 Å². The molecule has 2 unspecified atom stereocenters. The molecule has 2 rings (SSSR count). The van der Waals surface area contributed by atoms with Crippen molar-refractivity contribution in [2.45, 2.75) is 32.6 Å². The summed E-state index contributed by atoms with van der Waals surface area (Å²) < 4.78 is 22.0. The van der Waals surface area contributed by atoms with E-state index in [-0.39, 0.29) is 12.2 Å². The minimum Gasteiger partial charge on any atom is -0.496 e. The first kappa shape index (κ1) is 15.9. The Hall–Kier alpha value is -1.46. The van der Waals surface area contributed by atoms with E-state index in [9.17, 15) is 0 Å². The van der Waals surface area contributed by atoms with E-state index in [2.05, 4.69) is 18.7 Å². The van der Waals surface area contributed by atoms with Gasteiger partial charge in [0, 0.05) is 31.3 Å². The molecule has 1 aliphatic rings. The molecule has 0 bridgehead atoms. The number of methoxy groups -OCH3 is 3. The van der Waals surface area contributed by atoms with Gasteiger partial charge in [-0.15, -0.1) is 0 Å². The van der Waals surface area contributed by atoms with Gasteiger partial charge in [-0.2, -0.15) is 0 Å². The maximum atomic E-state index is 5.77. The van der Waals surface area contributed by atoms with Gasteiger partial charge in [0.15, 0.2) is 11.5 Å². The molecule has 2 atom stereocenters. The molecular formula is C16H25NO4. The van der Waals surface area contributed by atoms with Crippen molar-refractivity contribution in [3.63, 3.8) is 0 Å². The molecule has 0 radical (unpaired) electrons. The van der Waals surface area contributed by atoms with Crippen LogP contribution in [0.4, 0.5) is 0 Å². The van der Waals surface area contributed by atoms with Crippen molar-refractivity contribution in [1.29, 1.82) is 0 Å². The van der Waals surface area contributed by atoms with Crippen LogP contribution in [0.2, 0.25) is 0 Å². The fourth-order valence-electron chi connectivity index (χ4n) is 2.87. The lowest BCUT2D eigenvalue weighted by Gasteiger charge is -2.35. The first-order valence-corrected chi connectivity index (χ1v) is 7.24. The Bertz CT molecular complexity index is 468. The van der Waals surface area contributed by atoms with Crippen molar-refractivity contribution in [2.24, 2.45) is 0 Å². The fourth-order valence-corrected chi connectivity index (χ4v) is 2.87. The molecule has 0 saturated carbocycles. The number of hydrogen-bond donors (Lipinski definition) is 0.